The molecule has 0 heterocycles. The molecule has 0 radical (unpaired) electrons. The summed E-state index contributed by atoms with van der Waals surface area (Å²) < 4.78 is 0. The van der Waals surface area contributed by atoms with Gasteiger partial charge in [0.1, 0.15) is 0 Å². The average Bonchev–Trinajstić information content (AvgIpc) is 0.758. The van der Waals surface area contributed by atoms with Crippen molar-refractivity contribution in [1.29, 1.82) is 0 Å². The van der Waals surface area contributed by atoms with E-state index in [0.29, 0.717) is 0 Å². The summed E-state index contributed by atoms with van der Waals surface area (Å²) in [7, 11) is 0. The lowest BCUT2D eigenvalue weighted by Crippen LogP contribution is -2.11. The van der Waals surface area contributed by atoms with Crippen molar-refractivity contribution in [3.05, 3.63) is 494 Å². The van der Waals surface area contributed by atoms with Crippen molar-refractivity contribution in [2.75, 3.05) is 0 Å². The first-order valence-electron chi connectivity index (χ1n) is 49.3. The number of hydrogen-bond acceptors (Lipinski definition) is 0. The van der Waals surface area contributed by atoms with Crippen molar-refractivity contribution in [3.8, 4) is 66.8 Å². The molecular formula is C139H142. The van der Waals surface area contributed by atoms with Crippen LogP contribution in [0.4, 0.5) is 0 Å². The molecule has 0 bridgehead atoms. The smallest absolute Gasteiger partial charge is 0.0102 e. The van der Waals surface area contributed by atoms with Crippen LogP contribution in [-0.2, 0) is 37.9 Å². The van der Waals surface area contributed by atoms with Crippen LogP contribution in [0, 0.1) is 0 Å². The summed E-state index contributed by atoms with van der Waals surface area (Å²) in [5.74, 6) is 0. The van der Waals surface area contributed by atoms with Crippen LogP contribution in [0.3, 0.4) is 0 Å². The summed E-state index contributed by atoms with van der Waals surface area (Å²) in [4.78, 5) is 0. The fraction of sp³-hybridized carbons (Fsp3) is 0.209. The minimum atomic E-state index is 0. The molecule has 698 valence electrons. The van der Waals surface area contributed by atoms with Gasteiger partial charge in [-0.2, -0.15) is 0 Å². The zero-order valence-corrected chi connectivity index (χ0v) is 85.3. The predicted molar refractivity (Wildman–Crippen MR) is 615 cm³/mol. The first kappa shape index (κ1) is 101. The molecule has 0 nitrogen and oxygen atoms in total. The molecule has 0 saturated carbocycles. The third kappa shape index (κ3) is 25.2. The van der Waals surface area contributed by atoms with Gasteiger partial charge in [0.15, 0.2) is 0 Å². The van der Waals surface area contributed by atoms with Crippen LogP contribution in [0.5, 0.6) is 0 Å². The van der Waals surface area contributed by atoms with E-state index in [-0.39, 0.29) is 45.3 Å². The summed E-state index contributed by atoms with van der Waals surface area (Å²) >= 11 is 0. The van der Waals surface area contributed by atoms with E-state index in [1.807, 2.05) is 0 Å². The third-order valence-electron chi connectivity index (χ3n) is 26.5. The van der Waals surface area contributed by atoms with E-state index in [9.17, 15) is 0 Å². The summed E-state index contributed by atoms with van der Waals surface area (Å²) in [6, 6.07) is 164. The maximum atomic E-state index is 2.34. The zero-order valence-electron chi connectivity index (χ0n) is 85.3. The Balaban J connectivity index is 0.000000129. The van der Waals surface area contributed by atoms with Gasteiger partial charge in [-0.1, -0.05) is 584 Å². The number of benzene rings is 21. The molecular weight excluding hydrogens is 1670 g/mol. The molecule has 0 aromatic heterocycles. The second-order valence-electron chi connectivity index (χ2n) is 44.2. The van der Waals surface area contributed by atoms with E-state index in [1.54, 1.807) is 0 Å². The van der Waals surface area contributed by atoms with Crippen LogP contribution in [0.15, 0.2) is 455 Å². The SMILES string of the molecule is C.CC(C)(C)c1cc(-c2ccccc2)cc(-c2ccccc2)c1.CC(C)(C)c1cc2ccccc2c2ccccc12.CC(C)(C)c1ccc(-c2ccc3ccccc3c2)cc1.CC(C)(C)c1ccc(-c2cccc3ccccc23)cc1.CC(C)(C)c1ccc(-c2ccccc2)c2ccccc12.CC(C)(C)c1ccc2c(ccc3ccccc32)c1.CC(C)(C)c1ccc2cc(-c3ccccc3)ccc2c1. The van der Waals surface area contributed by atoms with E-state index < -0.39 is 0 Å². The Hall–Kier alpha value is -14.3. The van der Waals surface area contributed by atoms with Gasteiger partial charge in [0, 0.05) is 0 Å². The van der Waals surface area contributed by atoms with Crippen LogP contribution in [0.1, 0.15) is 192 Å². The van der Waals surface area contributed by atoms with Crippen molar-refractivity contribution < 1.29 is 0 Å². The quantitative estimate of drug-likeness (QED) is 0.146. The maximum Gasteiger partial charge on any atom is -0.0102 e. The second-order valence-corrected chi connectivity index (χ2v) is 44.2. The summed E-state index contributed by atoms with van der Waals surface area (Å²) in [6.07, 6.45) is 0. The van der Waals surface area contributed by atoms with Crippen LogP contribution < -0.4 is 0 Å². The molecule has 0 aliphatic carbocycles. The molecule has 0 fully saturated rings. The summed E-state index contributed by atoms with van der Waals surface area (Å²) in [6.45, 7) is 47.5. The molecule has 0 aliphatic rings. The highest BCUT2D eigenvalue weighted by molar-refractivity contribution is 6.10. The van der Waals surface area contributed by atoms with Crippen LogP contribution >= 0.6 is 0 Å². The molecule has 0 N–H and O–H groups in total. The van der Waals surface area contributed by atoms with E-state index >= 15 is 0 Å². The normalized spacial score (nSPS) is 11.7. The van der Waals surface area contributed by atoms with Crippen molar-refractivity contribution in [2.45, 2.75) is 191 Å². The lowest BCUT2D eigenvalue weighted by molar-refractivity contribution is 0.590. The maximum absolute atomic E-state index is 2.34. The fourth-order valence-corrected chi connectivity index (χ4v) is 18.3. The zero-order chi connectivity index (χ0) is 97.7. The summed E-state index contributed by atoms with van der Waals surface area (Å²) in [5, 5.41) is 21.3. The van der Waals surface area contributed by atoms with Gasteiger partial charge in [-0.15, -0.1) is 0 Å². The van der Waals surface area contributed by atoms with Gasteiger partial charge in [0.25, 0.3) is 0 Å². The molecule has 0 saturated heterocycles. The first-order chi connectivity index (χ1) is 65.9. The first-order valence-corrected chi connectivity index (χ1v) is 49.3. The van der Waals surface area contributed by atoms with E-state index in [2.05, 4.69) is 600 Å². The lowest BCUT2D eigenvalue weighted by atomic mass is 9.82. The molecule has 21 aromatic rings. The Bertz CT molecular complexity index is 7620. The molecule has 139 heavy (non-hydrogen) atoms. The van der Waals surface area contributed by atoms with Gasteiger partial charge >= 0.3 is 0 Å². The van der Waals surface area contributed by atoms with Crippen LogP contribution in [0.25, 0.3) is 153 Å². The van der Waals surface area contributed by atoms with Crippen LogP contribution in [-0.4, -0.2) is 0 Å². The Labute approximate surface area is 831 Å². The third-order valence-corrected chi connectivity index (χ3v) is 26.5. The highest BCUT2D eigenvalue weighted by Crippen LogP contribution is 2.42. The topological polar surface area (TPSA) is 0 Å². The van der Waals surface area contributed by atoms with Crippen LogP contribution in [0.2, 0.25) is 0 Å². The monoisotopic (exact) mass is 1810 g/mol. The second kappa shape index (κ2) is 43.2. The fourth-order valence-electron chi connectivity index (χ4n) is 18.3. The molecule has 0 amide bonds. The molecule has 21 rings (SSSR count). The molecule has 0 unspecified atom stereocenters. The highest BCUT2D eigenvalue weighted by atomic mass is 14.3. The van der Waals surface area contributed by atoms with E-state index in [0.717, 1.165) is 0 Å². The van der Waals surface area contributed by atoms with Gasteiger partial charge < -0.3 is 0 Å². The lowest BCUT2D eigenvalue weighted by Gasteiger charge is -2.22. The number of rotatable bonds is 6. The Morgan fingerprint density at radius 2 is 0.396 bits per heavy atom. The van der Waals surface area contributed by atoms with Gasteiger partial charge in [-0.3, -0.25) is 0 Å². The van der Waals surface area contributed by atoms with Crippen molar-refractivity contribution >= 4 is 86.2 Å². The Morgan fingerprint density at radius 1 is 0.115 bits per heavy atom. The number of hydrogen-bond donors (Lipinski definition) is 0. The van der Waals surface area contributed by atoms with Gasteiger partial charge in [-0.25, -0.2) is 0 Å². The highest BCUT2D eigenvalue weighted by Gasteiger charge is 2.24. The molecule has 0 spiro atoms. The van der Waals surface area contributed by atoms with Gasteiger partial charge in [0.2, 0.25) is 0 Å². The molecule has 0 atom stereocenters. The Morgan fingerprint density at radius 3 is 0.885 bits per heavy atom. The number of fused-ring (bicyclic) bond motifs is 10. The predicted octanol–water partition coefficient (Wildman–Crippen LogP) is 40.8. The minimum Gasteiger partial charge on any atom is -0.0776 e. The molecule has 0 aliphatic heterocycles. The van der Waals surface area contributed by atoms with E-state index in [4.69, 9.17) is 0 Å². The largest absolute Gasteiger partial charge is 0.0776 e. The minimum absolute atomic E-state index is 0. The van der Waals surface area contributed by atoms with Crippen molar-refractivity contribution in [2.24, 2.45) is 0 Å². The van der Waals surface area contributed by atoms with E-state index in [1.165, 1.54) is 192 Å². The standard InChI is InChI=1S/C22H22.4C20H20.2C18H18.CH4/c1-22(2,3)21-15-19(17-10-6-4-7-11-17)14-20(16-21)18-12-8-5-9-13-18;1-20(2,3)17-13-11-16(12-14-17)19-10-6-8-15-7-4-5-9-18(15)19;1-20(2,3)19-14-13-16(15-9-5-4-6-10-15)17-11-7-8-12-18(17)19;1-20(2,3)19-12-10-16(11-13-19)18-9-8-15-6-4-5-7-17(15)14-18;1-20(2,3)19-12-11-17-13-16(9-10-18(17)14-19)15-7-5-4-6-8-15;1-18(2,3)17-12-13-8-4-5-9-14(13)15-10-6-7-11-16(15)17;1-18(2,3)15-10-11-17-14(12-15)9-8-13-6-4-5-7-16(13)17;/h4-16H,1-3H3;4*4-14H,1-3H3;2*4-12H,1-3H3;1H4. The van der Waals surface area contributed by atoms with Crippen molar-refractivity contribution in [3.63, 3.8) is 0 Å². The average molecular weight is 1810 g/mol. The summed E-state index contributed by atoms with van der Waals surface area (Å²) in [5.41, 5.74) is 26.4. The molecule has 0 heteroatoms. The van der Waals surface area contributed by atoms with Gasteiger partial charge in [0.05, 0.1) is 0 Å². The van der Waals surface area contributed by atoms with Gasteiger partial charge in [-0.05, 0) is 254 Å². The Kier molecular flexibility index (Phi) is 31.3. The molecule has 21 aromatic carbocycles. The van der Waals surface area contributed by atoms with Crippen molar-refractivity contribution in [1.82, 2.24) is 0 Å².